The summed E-state index contributed by atoms with van der Waals surface area (Å²) in [6, 6.07) is 4.35. The zero-order chi connectivity index (χ0) is 15.3. The third-order valence-corrected chi connectivity index (χ3v) is 3.81. The van der Waals surface area contributed by atoms with Gasteiger partial charge in [-0.2, -0.15) is 0 Å². The van der Waals surface area contributed by atoms with E-state index in [4.69, 9.17) is 5.11 Å². The third-order valence-electron chi connectivity index (χ3n) is 3.81. The summed E-state index contributed by atoms with van der Waals surface area (Å²) >= 11 is 0. The molecule has 2 rings (SSSR count). The van der Waals surface area contributed by atoms with Crippen molar-refractivity contribution in [3.8, 4) is 11.8 Å². The van der Waals surface area contributed by atoms with Crippen LogP contribution in [-0.2, 0) is 0 Å². The highest BCUT2D eigenvalue weighted by Crippen LogP contribution is 2.29. The van der Waals surface area contributed by atoms with Crippen LogP contribution in [0.2, 0.25) is 0 Å². The molecule has 0 atom stereocenters. The van der Waals surface area contributed by atoms with Crippen molar-refractivity contribution in [2.75, 3.05) is 6.61 Å². The van der Waals surface area contributed by atoms with Crippen LogP contribution >= 0.6 is 0 Å². The second kappa shape index (κ2) is 6.73. The van der Waals surface area contributed by atoms with Crippen LogP contribution in [0.1, 0.15) is 54.9 Å². The van der Waals surface area contributed by atoms with Crippen LogP contribution in [0, 0.1) is 17.7 Å². The van der Waals surface area contributed by atoms with Gasteiger partial charge < -0.3 is 10.4 Å². The van der Waals surface area contributed by atoms with Crippen LogP contribution in [0.3, 0.4) is 0 Å². The highest BCUT2D eigenvalue weighted by Gasteiger charge is 2.31. The SMILES string of the molecule is CC1(NC(=O)c2ccc(C#CCCO)cc2F)CCCC1. The first-order valence-corrected chi connectivity index (χ1v) is 7.26. The van der Waals surface area contributed by atoms with Gasteiger partial charge in [0.15, 0.2) is 0 Å². The summed E-state index contributed by atoms with van der Waals surface area (Å²) in [5.74, 6) is 4.54. The Morgan fingerprint density at radius 3 is 2.76 bits per heavy atom. The summed E-state index contributed by atoms with van der Waals surface area (Å²) in [5.41, 5.74) is 0.337. The first kappa shape index (κ1) is 15.5. The van der Waals surface area contributed by atoms with E-state index in [2.05, 4.69) is 17.2 Å². The van der Waals surface area contributed by atoms with E-state index in [1.54, 1.807) is 6.07 Å². The first-order chi connectivity index (χ1) is 10.0. The zero-order valence-electron chi connectivity index (χ0n) is 12.2. The van der Waals surface area contributed by atoms with E-state index in [1.165, 1.54) is 12.1 Å². The van der Waals surface area contributed by atoms with Crippen molar-refractivity contribution in [2.24, 2.45) is 0 Å². The topological polar surface area (TPSA) is 49.3 Å². The normalized spacial score (nSPS) is 16.1. The minimum absolute atomic E-state index is 0.0193. The third kappa shape index (κ3) is 4.05. The Hall–Kier alpha value is -1.86. The number of aliphatic hydroxyl groups excluding tert-OH is 1. The highest BCUT2D eigenvalue weighted by atomic mass is 19.1. The minimum atomic E-state index is -0.565. The summed E-state index contributed by atoms with van der Waals surface area (Å²) in [6.45, 7) is 1.99. The number of aliphatic hydroxyl groups is 1. The molecule has 0 spiro atoms. The average Bonchev–Trinajstić information content (AvgIpc) is 2.85. The van der Waals surface area contributed by atoms with Crippen LogP contribution in [0.4, 0.5) is 4.39 Å². The van der Waals surface area contributed by atoms with Gasteiger partial charge in [0.1, 0.15) is 5.82 Å². The molecular weight excluding hydrogens is 269 g/mol. The molecule has 0 bridgehead atoms. The van der Waals surface area contributed by atoms with Crippen molar-refractivity contribution >= 4 is 5.91 Å². The van der Waals surface area contributed by atoms with Crippen molar-refractivity contribution in [1.82, 2.24) is 5.32 Å². The Morgan fingerprint density at radius 1 is 1.43 bits per heavy atom. The minimum Gasteiger partial charge on any atom is -0.395 e. The summed E-state index contributed by atoms with van der Waals surface area (Å²) in [4.78, 5) is 12.2. The summed E-state index contributed by atoms with van der Waals surface area (Å²) in [6.07, 6.45) is 4.41. The summed E-state index contributed by atoms with van der Waals surface area (Å²) in [5, 5.41) is 11.6. The number of nitrogens with one attached hydrogen (secondary N) is 1. The van der Waals surface area contributed by atoms with E-state index in [0.717, 1.165) is 25.7 Å². The average molecular weight is 289 g/mol. The Bertz CT molecular complexity index is 580. The lowest BCUT2D eigenvalue weighted by atomic mass is 9.99. The quantitative estimate of drug-likeness (QED) is 0.840. The fourth-order valence-corrected chi connectivity index (χ4v) is 2.62. The van der Waals surface area contributed by atoms with Crippen molar-refractivity contribution in [3.63, 3.8) is 0 Å². The number of rotatable bonds is 3. The zero-order valence-corrected chi connectivity index (χ0v) is 12.2. The molecule has 112 valence electrons. The second-order valence-corrected chi connectivity index (χ2v) is 5.69. The molecule has 0 aromatic heterocycles. The van der Waals surface area contributed by atoms with Gasteiger partial charge in [-0.3, -0.25) is 4.79 Å². The standard InChI is InChI=1S/C17H20FNO2/c1-17(9-3-4-10-17)19-16(21)14-8-7-13(12-15(14)18)6-2-5-11-20/h7-8,12,20H,3-5,9-11H2,1H3,(H,19,21). The van der Waals surface area contributed by atoms with Gasteiger partial charge in [-0.1, -0.05) is 24.7 Å². The van der Waals surface area contributed by atoms with E-state index in [-0.39, 0.29) is 23.6 Å². The van der Waals surface area contributed by atoms with E-state index in [0.29, 0.717) is 12.0 Å². The maximum atomic E-state index is 14.0. The lowest BCUT2D eigenvalue weighted by Gasteiger charge is -2.25. The van der Waals surface area contributed by atoms with Gasteiger partial charge in [0.2, 0.25) is 0 Å². The first-order valence-electron chi connectivity index (χ1n) is 7.26. The monoisotopic (exact) mass is 289 g/mol. The van der Waals surface area contributed by atoms with Gasteiger partial charge in [-0.05, 0) is 38.0 Å². The fourth-order valence-electron chi connectivity index (χ4n) is 2.62. The number of hydrogen-bond acceptors (Lipinski definition) is 2. The van der Waals surface area contributed by atoms with E-state index in [9.17, 15) is 9.18 Å². The fraction of sp³-hybridized carbons (Fsp3) is 0.471. The number of amides is 1. The molecule has 1 amide bonds. The van der Waals surface area contributed by atoms with E-state index in [1.807, 2.05) is 6.92 Å². The lowest BCUT2D eigenvalue weighted by molar-refractivity contribution is 0.0904. The molecule has 1 aromatic rings. The highest BCUT2D eigenvalue weighted by molar-refractivity contribution is 5.95. The molecule has 1 saturated carbocycles. The van der Waals surface area contributed by atoms with Crippen molar-refractivity contribution in [3.05, 3.63) is 35.1 Å². The molecule has 1 aliphatic rings. The van der Waals surface area contributed by atoms with Crippen LogP contribution < -0.4 is 5.32 Å². The Labute approximate surface area is 124 Å². The molecule has 0 aliphatic heterocycles. The van der Waals surface area contributed by atoms with Crippen LogP contribution in [0.15, 0.2) is 18.2 Å². The Morgan fingerprint density at radius 2 is 2.14 bits per heavy atom. The molecule has 21 heavy (non-hydrogen) atoms. The molecule has 0 saturated heterocycles. The number of hydrogen-bond donors (Lipinski definition) is 2. The molecule has 0 heterocycles. The van der Waals surface area contributed by atoms with Gasteiger partial charge in [-0.25, -0.2) is 4.39 Å². The maximum Gasteiger partial charge on any atom is 0.254 e. The molecule has 4 heteroatoms. The summed E-state index contributed by atoms with van der Waals surface area (Å²) in [7, 11) is 0. The van der Waals surface area contributed by atoms with Crippen LogP contribution in [0.25, 0.3) is 0 Å². The maximum absolute atomic E-state index is 14.0. The smallest absolute Gasteiger partial charge is 0.254 e. The molecule has 0 radical (unpaired) electrons. The van der Waals surface area contributed by atoms with Crippen LogP contribution in [-0.4, -0.2) is 23.2 Å². The van der Waals surface area contributed by atoms with Gasteiger partial charge in [0, 0.05) is 17.5 Å². The van der Waals surface area contributed by atoms with Crippen molar-refractivity contribution in [2.45, 2.75) is 44.6 Å². The van der Waals surface area contributed by atoms with Crippen molar-refractivity contribution in [1.29, 1.82) is 0 Å². The van der Waals surface area contributed by atoms with Gasteiger partial charge in [0.05, 0.1) is 12.2 Å². The molecule has 3 nitrogen and oxygen atoms in total. The Balaban J connectivity index is 2.10. The molecule has 2 N–H and O–H groups in total. The van der Waals surface area contributed by atoms with E-state index < -0.39 is 5.82 Å². The predicted octanol–water partition coefficient (Wildman–Crippen LogP) is 2.62. The second-order valence-electron chi connectivity index (χ2n) is 5.69. The van der Waals surface area contributed by atoms with Crippen molar-refractivity contribution < 1.29 is 14.3 Å². The summed E-state index contributed by atoms with van der Waals surface area (Å²) < 4.78 is 14.0. The number of benzene rings is 1. The molecular formula is C17H20FNO2. The van der Waals surface area contributed by atoms with Gasteiger partial charge in [-0.15, -0.1) is 0 Å². The Kier molecular flexibility index (Phi) is 4.98. The van der Waals surface area contributed by atoms with Gasteiger partial charge >= 0.3 is 0 Å². The largest absolute Gasteiger partial charge is 0.395 e. The molecule has 1 aromatic carbocycles. The number of halogens is 1. The number of carbonyl (C=O) groups is 1. The predicted molar refractivity (Wildman–Crippen MR) is 79.3 cm³/mol. The molecule has 1 fully saturated rings. The van der Waals surface area contributed by atoms with Gasteiger partial charge in [0.25, 0.3) is 5.91 Å². The molecule has 0 unspecified atom stereocenters. The number of carbonyl (C=O) groups excluding carboxylic acids is 1. The molecule has 1 aliphatic carbocycles. The van der Waals surface area contributed by atoms with E-state index >= 15 is 0 Å². The van der Waals surface area contributed by atoms with Crippen LogP contribution in [0.5, 0.6) is 0 Å². The lowest BCUT2D eigenvalue weighted by Crippen LogP contribution is -2.43.